The molecule has 2 rings (SSSR count). The van der Waals surface area contributed by atoms with E-state index >= 15 is 0 Å². The first-order valence-corrected chi connectivity index (χ1v) is 4.32. The van der Waals surface area contributed by atoms with E-state index in [2.05, 4.69) is 0 Å². The molecule has 0 saturated heterocycles. The predicted molar refractivity (Wildman–Crippen MR) is 58.4 cm³/mol. The Hall–Kier alpha value is -0.540. The first-order chi connectivity index (χ1) is 5.75. The fourth-order valence-corrected chi connectivity index (χ4v) is 1.77. The van der Waals surface area contributed by atoms with Crippen LogP contribution in [0, 0.1) is 0 Å². The van der Waals surface area contributed by atoms with Crippen molar-refractivity contribution in [3.63, 3.8) is 0 Å². The van der Waals surface area contributed by atoms with Gasteiger partial charge in [0.1, 0.15) is 5.75 Å². The van der Waals surface area contributed by atoms with Gasteiger partial charge in [-0.25, -0.2) is 0 Å². The van der Waals surface area contributed by atoms with Crippen molar-refractivity contribution in [3.8, 4) is 5.75 Å². The Labute approximate surface area is 88.5 Å². The van der Waals surface area contributed by atoms with Gasteiger partial charge in [0.2, 0.25) is 0 Å². The van der Waals surface area contributed by atoms with E-state index in [-0.39, 0.29) is 23.0 Å². The summed E-state index contributed by atoms with van der Waals surface area (Å²) in [5.74, 6) is 0.350. The van der Waals surface area contributed by atoms with E-state index in [0.29, 0.717) is 5.75 Å². The van der Waals surface area contributed by atoms with E-state index in [4.69, 9.17) is 5.73 Å². The number of phenolic OH excluding ortho intramolecular Hbond substituents is 1. The molecule has 1 aromatic rings. The summed E-state index contributed by atoms with van der Waals surface area (Å²) < 4.78 is 0. The molecule has 0 aromatic heterocycles. The first kappa shape index (κ1) is 10.5. The molecular weight excluding hydrogens is 230 g/mol. The molecule has 1 aliphatic rings. The average Bonchev–Trinajstić information content (AvgIpc) is 2.03. The molecule has 1 atom stereocenters. The second-order valence-electron chi connectivity index (χ2n) is 3.46. The quantitative estimate of drug-likeness (QED) is 0.730. The first-order valence-electron chi connectivity index (χ1n) is 4.32. The third-order valence-corrected chi connectivity index (χ3v) is 2.46. The summed E-state index contributed by atoms with van der Waals surface area (Å²) in [6, 6.07) is 5.85. The zero-order valence-electron chi connectivity index (χ0n) is 7.36. The summed E-state index contributed by atoms with van der Waals surface area (Å²) in [6.45, 7) is 0. The number of rotatable bonds is 0. The topological polar surface area (TPSA) is 46.2 Å². The van der Waals surface area contributed by atoms with Gasteiger partial charge in [-0.05, 0) is 42.5 Å². The van der Waals surface area contributed by atoms with Crippen LogP contribution in [0.25, 0.3) is 0 Å². The highest BCUT2D eigenvalue weighted by Gasteiger charge is 2.14. The van der Waals surface area contributed by atoms with Crippen LogP contribution in [0.3, 0.4) is 0 Å². The Morgan fingerprint density at radius 1 is 1.31 bits per heavy atom. The van der Waals surface area contributed by atoms with E-state index in [1.54, 1.807) is 6.07 Å². The molecule has 2 nitrogen and oxygen atoms in total. The van der Waals surface area contributed by atoms with Gasteiger partial charge in [0.15, 0.2) is 0 Å². The second-order valence-corrected chi connectivity index (χ2v) is 3.46. The Morgan fingerprint density at radius 3 is 2.85 bits per heavy atom. The number of hydrogen-bond donors (Lipinski definition) is 2. The third-order valence-electron chi connectivity index (χ3n) is 2.46. The minimum atomic E-state index is 0. The average molecular weight is 244 g/mol. The van der Waals surface area contributed by atoms with Crippen molar-refractivity contribution in [3.05, 3.63) is 29.3 Å². The molecule has 0 bridgehead atoms. The number of nitrogens with two attached hydrogens (primary N) is 1. The summed E-state index contributed by atoms with van der Waals surface area (Å²) in [4.78, 5) is 0. The smallest absolute Gasteiger partial charge is 0.115 e. The molecule has 3 heteroatoms. The molecule has 1 aromatic carbocycles. The maximum atomic E-state index is 9.23. The molecule has 0 fully saturated rings. The fourth-order valence-electron chi connectivity index (χ4n) is 1.77. The Morgan fingerprint density at radius 2 is 2.08 bits per heavy atom. The van der Waals surface area contributed by atoms with Crippen LogP contribution < -0.4 is 5.73 Å². The van der Waals surface area contributed by atoms with Crippen molar-refractivity contribution in [1.82, 2.24) is 0 Å². The lowest BCUT2D eigenvalue weighted by Gasteiger charge is -2.21. The van der Waals surface area contributed by atoms with E-state index < -0.39 is 0 Å². The number of aryl methyl sites for hydroxylation is 1. The van der Waals surface area contributed by atoms with Crippen molar-refractivity contribution < 1.29 is 5.11 Å². The molecule has 0 heterocycles. The van der Waals surface area contributed by atoms with Gasteiger partial charge >= 0.3 is 0 Å². The van der Waals surface area contributed by atoms with Crippen LogP contribution in [-0.4, -0.2) is 11.1 Å². The summed E-state index contributed by atoms with van der Waals surface area (Å²) in [5, 5.41) is 9.23. The van der Waals surface area contributed by atoms with Crippen molar-refractivity contribution in [2.45, 2.75) is 25.3 Å². The molecule has 72 valence electrons. The molecule has 0 amide bonds. The van der Waals surface area contributed by atoms with E-state index in [0.717, 1.165) is 19.3 Å². The fraction of sp³-hybridized carbons (Fsp3) is 0.400. The summed E-state index contributed by atoms with van der Waals surface area (Å²) in [6.07, 6.45) is 3.03. The van der Waals surface area contributed by atoms with Crippen LogP contribution in [-0.2, 0) is 12.8 Å². The minimum Gasteiger partial charge on any atom is -0.508 e. The number of hydrogen-bond acceptors (Lipinski definition) is 2. The zero-order valence-corrected chi connectivity index (χ0v) is 9.08. The molecule has 3 N–H and O–H groups in total. The molecule has 13 heavy (non-hydrogen) atoms. The number of phenols is 1. The van der Waals surface area contributed by atoms with E-state index in [1.807, 2.05) is 12.1 Å². The van der Waals surface area contributed by atoms with Crippen LogP contribution in [0.4, 0.5) is 0 Å². The highest BCUT2D eigenvalue weighted by atomic mass is 79.9. The molecule has 0 unspecified atom stereocenters. The van der Waals surface area contributed by atoms with Crippen LogP contribution in [0.5, 0.6) is 5.75 Å². The highest BCUT2D eigenvalue weighted by molar-refractivity contribution is 8.93. The SMILES string of the molecule is Br.N[C@H]1CCc2ccc(O)cc2C1. The van der Waals surface area contributed by atoms with Gasteiger partial charge in [0.05, 0.1) is 0 Å². The lowest BCUT2D eigenvalue weighted by atomic mass is 9.89. The Bertz CT molecular complexity index is 301. The minimum absolute atomic E-state index is 0. The second kappa shape index (κ2) is 4.11. The lowest BCUT2D eigenvalue weighted by molar-refractivity contribution is 0.472. The van der Waals surface area contributed by atoms with Crippen LogP contribution in [0.2, 0.25) is 0 Å². The maximum Gasteiger partial charge on any atom is 0.115 e. The van der Waals surface area contributed by atoms with Crippen LogP contribution in [0.1, 0.15) is 17.5 Å². The van der Waals surface area contributed by atoms with Gasteiger partial charge in [-0.2, -0.15) is 0 Å². The van der Waals surface area contributed by atoms with Crippen LogP contribution in [0.15, 0.2) is 18.2 Å². The largest absolute Gasteiger partial charge is 0.508 e. The normalized spacial score (nSPS) is 20.2. The predicted octanol–water partition coefficient (Wildman–Crippen LogP) is 1.79. The highest BCUT2D eigenvalue weighted by Crippen LogP contribution is 2.23. The monoisotopic (exact) mass is 243 g/mol. The Kier molecular flexibility index (Phi) is 3.33. The molecular formula is C10H14BrNO. The number of benzene rings is 1. The molecule has 0 saturated carbocycles. The van der Waals surface area contributed by atoms with E-state index in [1.165, 1.54) is 11.1 Å². The van der Waals surface area contributed by atoms with Crippen molar-refractivity contribution >= 4 is 17.0 Å². The van der Waals surface area contributed by atoms with Crippen LogP contribution >= 0.6 is 17.0 Å². The zero-order chi connectivity index (χ0) is 8.55. The van der Waals surface area contributed by atoms with Crippen molar-refractivity contribution in [2.24, 2.45) is 5.73 Å². The van der Waals surface area contributed by atoms with Gasteiger partial charge in [0.25, 0.3) is 0 Å². The molecule has 0 spiro atoms. The molecule has 1 aliphatic carbocycles. The number of aromatic hydroxyl groups is 1. The van der Waals surface area contributed by atoms with Crippen molar-refractivity contribution in [2.75, 3.05) is 0 Å². The van der Waals surface area contributed by atoms with E-state index in [9.17, 15) is 5.11 Å². The lowest BCUT2D eigenvalue weighted by Crippen LogP contribution is -2.27. The summed E-state index contributed by atoms with van der Waals surface area (Å²) in [5.41, 5.74) is 8.38. The summed E-state index contributed by atoms with van der Waals surface area (Å²) >= 11 is 0. The van der Waals surface area contributed by atoms with Gasteiger partial charge in [-0.1, -0.05) is 6.07 Å². The van der Waals surface area contributed by atoms with Gasteiger partial charge in [0, 0.05) is 6.04 Å². The third kappa shape index (κ3) is 2.23. The maximum absolute atomic E-state index is 9.23. The number of halogens is 1. The van der Waals surface area contributed by atoms with Crippen molar-refractivity contribution in [1.29, 1.82) is 0 Å². The molecule has 0 radical (unpaired) electrons. The van der Waals surface area contributed by atoms with Gasteiger partial charge in [-0.15, -0.1) is 17.0 Å². The van der Waals surface area contributed by atoms with Gasteiger partial charge < -0.3 is 10.8 Å². The Balaban J connectivity index is 0.000000845. The van der Waals surface area contributed by atoms with Gasteiger partial charge in [-0.3, -0.25) is 0 Å². The summed E-state index contributed by atoms with van der Waals surface area (Å²) in [7, 11) is 0. The number of fused-ring (bicyclic) bond motifs is 1. The molecule has 0 aliphatic heterocycles. The standard InChI is InChI=1S/C10H13NO.BrH/c11-9-3-1-7-2-4-10(12)6-8(7)5-9;/h2,4,6,9,12H,1,3,5,11H2;1H/t9-;/m0./s1.